The quantitative estimate of drug-likeness (QED) is 0.874. The molecule has 1 aliphatic carbocycles. The maximum Gasteiger partial charge on any atom is 0.253 e. The lowest BCUT2D eigenvalue weighted by Gasteiger charge is -2.07. The third-order valence-corrected chi connectivity index (χ3v) is 2.90. The lowest BCUT2D eigenvalue weighted by Crippen LogP contribution is -1.98. The van der Waals surface area contributed by atoms with E-state index in [1.807, 2.05) is 24.3 Å². The Bertz CT molecular complexity index is 535. The van der Waals surface area contributed by atoms with E-state index >= 15 is 0 Å². The minimum Gasteiger partial charge on any atom is -0.483 e. The fourth-order valence-electron chi connectivity index (χ4n) is 1.73. The molecule has 0 saturated heterocycles. The molecular weight excluding hydrogens is 232 g/mol. The van der Waals surface area contributed by atoms with Crippen LogP contribution in [0, 0.1) is 0 Å². The van der Waals surface area contributed by atoms with Crippen molar-refractivity contribution >= 4 is 0 Å². The second-order valence-electron chi connectivity index (χ2n) is 4.36. The maximum atomic E-state index is 9.17. The van der Waals surface area contributed by atoms with Crippen molar-refractivity contribution in [3.8, 4) is 5.75 Å². The van der Waals surface area contributed by atoms with Gasteiger partial charge >= 0.3 is 0 Å². The Kier molecular flexibility index (Phi) is 2.98. The van der Waals surface area contributed by atoms with Crippen molar-refractivity contribution in [1.29, 1.82) is 0 Å². The zero-order valence-electron chi connectivity index (χ0n) is 9.87. The molecule has 18 heavy (non-hydrogen) atoms. The number of ether oxygens (including phenoxy) is 1. The zero-order chi connectivity index (χ0) is 12.4. The molecule has 0 spiro atoms. The minimum atomic E-state index is -0.0483. The van der Waals surface area contributed by atoms with Crippen LogP contribution in [0.15, 0.2) is 28.7 Å². The number of aromatic nitrogens is 2. The summed E-state index contributed by atoms with van der Waals surface area (Å²) in [5.41, 5.74) is 0.749. The van der Waals surface area contributed by atoms with E-state index in [1.54, 1.807) is 0 Å². The summed E-state index contributed by atoms with van der Waals surface area (Å²) in [4.78, 5) is 0. The fourth-order valence-corrected chi connectivity index (χ4v) is 1.73. The van der Waals surface area contributed by atoms with Gasteiger partial charge in [0, 0.05) is 11.5 Å². The van der Waals surface area contributed by atoms with E-state index in [0.29, 0.717) is 23.4 Å². The number of hydrogen-bond acceptors (Lipinski definition) is 5. The molecule has 1 heterocycles. The van der Waals surface area contributed by atoms with Gasteiger partial charge in [0.1, 0.15) is 5.75 Å². The highest BCUT2D eigenvalue weighted by molar-refractivity contribution is 5.32. The molecule has 1 aromatic heterocycles. The Hall–Kier alpha value is -1.88. The Morgan fingerprint density at radius 3 is 2.89 bits per heavy atom. The van der Waals surface area contributed by atoms with Crippen molar-refractivity contribution in [2.24, 2.45) is 0 Å². The van der Waals surface area contributed by atoms with Crippen molar-refractivity contribution in [3.63, 3.8) is 0 Å². The van der Waals surface area contributed by atoms with Crippen LogP contribution in [0.4, 0.5) is 0 Å². The molecule has 0 radical (unpaired) electrons. The number of aliphatic hydroxyl groups is 1. The predicted octanol–water partition coefficient (Wildman–Crippen LogP) is 2.02. The molecule has 1 N–H and O–H groups in total. The molecule has 1 fully saturated rings. The normalized spacial score (nSPS) is 14.7. The smallest absolute Gasteiger partial charge is 0.253 e. The van der Waals surface area contributed by atoms with E-state index in [2.05, 4.69) is 10.2 Å². The van der Waals surface area contributed by atoms with Gasteiger partial charge in [0.15, 0.2) is 6.61 Å². The zero-order valence-corrected chi connectivity index (χ0v) is 9.87. The van der Waals surface area contributed by atoms with Gasteiger partial charge in [0.05, 0.1) is 6.61 Å². The van der Waals surface area contributed by atoms with Gasteiger partial charge in [-0.05, 0) is 18.9 Å². The molecule has 1 aromatic carbocycles. The van der Waals surface area contributed by atoms with Gasteiger partial charge in [-0.15, -0.1) is 10.2 Å². The second-order valence-corrected chi connectivity index (χ2v) is 4.36. The lowest BCUT2D eigenvalue weighted by atomic mass is 10.2. The first-order valence-corrected chi connectivity index (χ1v) is 6.00. The average Bonchev–Trinajstić information content (AvgIpc) is 3.16. The van der Waals surface area contributed by atoms with E-state index in [-0.39, 0.29) is 13.2 Å². The first-order chi connectivity index (χ1) is 8.86. The molecule has 1 aliphatic rings. The highest BCUT2D eigenvalue weighted by Crippen LogP contribution is 2.39. The summed E-state index contributed by atoms with van der Waals surface area (Å²) in [5.74, 6) is 2.29. The number of nitrogens with zero attached hydrogens (tertiary/aromatic N) is 2. The van der Waals surface area contributed by atoms with Crippen LogP contribution in [-0.2, 0) is 13.2 Å². The molecule has 3 rings (SSSR count). The van der Waals surface area contributed by atoms with Gasteiger partial charge in [-0.2, -0.15) is 0 Å². The van der Waals surface area contributed by atoms with E-state index in [0.717, 1.165) is 18.4 Å². The fraction of sp³-hybridized carbons (Fsp3) is 0.385. The van der Waals surface area contributed by atoms with E-state index < -0.39 is 0 Å². The molecule has 0 amide bonds. The molecule has 94 valence electrons. The molecule has 2 aromatic rings. The van der Waals surface area contributed by atoms with Crippen LogP contribution in [-0.4, -0.2) is 15.3 Å². The van der Waals surface area contributed by atoms with Gasteiger partial charge in [0.2, 0.25) is 5.89 Å². The molecule has 0 bridgehead atoms. The topological polar surface area (TPSA) is 68.4 Å². The van der Waals surface area contributed by atoms with Crippen molar-refractivity contribution in [2.75, 3.05) is 0 Å². The first kappa shape index (κ1) is 11.2. The minimum absolute atomic E-state index is 0.0483. The number of aliphatic hydroxyl groups excluding tert-OH is 1. The van der Waals surface area contributed by atoms with Gasteiger partial charge in [-0.25, -0.2) is 0 Å². The first-order valence-electron chi connectivity index (χ1n) is 6.00. The molecule has 0 aliphatic heterocycles. The maximum absolute atomic E-state index is 9.17. The Labute approximate surface area is 104 Å². The second kappa shape index (κ2) is 4.78. The average molecular weight is 246 g/mol. The van der Waals surface area contributed by atoms with Crippen molar-refractivity contribution in [3.05, 3.63) is 41.6 Å². The number of hydrogen-bond donors (Lipinski definition) is 1. The predicted molar refractivity (Wildman–Crippen MR) is 63.0 cm³/mol. The molecular formula is C13H14N2O3. The standard InChI is InChI=1S/C13H14N2O3/c16-7-10-3-1-2-4-11(10)17-8-12-14-15-13(18-12)9-5-6-9/h1-4,9,16H,5-8H2. The largest absolute Gasteiger partial charge is 0.483 e. The Morgan fingerprint density at radius 2 is 2.11 bits per heavy atom. The van der Waals surface area contributed by atoms with Crippen molar-refractivity contribution in [2.45, 2.75) is 32.0 Å². The summed E-state index contributed by atoms with van der Waals surface area (Å²) in [6.07, 6.45) is 2.27. The highest BCUT2D eigenvalue weighted by Gasteiger charge is 2.29. The molecule has 0 unspecified atom stereocenters. The highest BCUT2D eigenvalue weighted by atomic mass is 16.5. The van der Waals surface area contributed by atoms with Gasteiger partial charge < -0.3 is 14.3 Å². The van der Waals surface area contributed by atoms with Crippen LogP contribution in [0.1, 0.15) is 36.1 Å². The Morgan fingerprint density at radius 1 is 1.28 bits per heavy atom. The van der Waals surface area contributed by atoms with E-state index in [9.17, 15) is 0 Å². The lowest BCUT2D eigenvalue weighted by molar-refractivity contribution is 0.239. The Balaban J connectivity index is 1.65. The van der Waals surface area contributed by atoms with Gasteiger partial charge in [-0.3, -0.25) is 0 Å². The summed E-state index contributed by atoms with van der Waals surface area (Å²) < 4.78 is 11.1. The summed E-state index contributed by atoms with van der Waals surface area (Å²) in [5, 5.41) is 17.1. The van der Waals surface area contributed by atoms with Crippen LogP contribution >= 0.6 is 0 Å². The van der Waals surface area contributed by atoms with Crippen molar-refractivity contribution in [1.82, 2.24) is 10.2 Å². The van der Waals surface area contributed by atoms with E-state index in [1.165, 1.54) is 0 Å². The molecule has 0 atom stereocenters. The van der Waals surface area contributed by atoms with Crippen molar-refractivity contribution < 1.29 is 14.3 Å². The SMILES string of the molecule is OCc1ccccc1OCc1nnc(C2CC2)o1. The van der Waals surface area contributed by atoms with Crippen LogP contribution in [0.25, 0.3) is 0 Å². The van der Waals surface area contributed by atoms with Crippen LogP contribution in [0.2, 0.25) is 0 Å². The summed E-state index contributed by atoms with van der Waals surface area (Å²) >= 11 is 0. The molecule has 5 nitrogen and oxygen atoms in total. The monoisotopic (exact) mass is 246 g/mol. The summed E-state index contributed by atoms with van der Waals surface area (Å²) in [6.45, 7) is 0.185. The van der Waals surface area contributed by atoms with Gasteiger partial charge in [0.25, 0.3) is 5.89 Å². The third-order valence-electron chi connectivity index (χ3n) is 2.90. The summed E-state index contributed by atoms with van der Waals surface area (Å²) in [6, 6.07) is 7.34. The van der Waals surface area contributed by atoms with E-state index in [4.69, 9.17) is 14.3 Å². The third kappa shape index (κ3) is 2.36. The summed E-state index contributed by atoms with van der Waals surface area (Å²) in [7, 11) is 0. The van der Waals surface area contributed by atoms with Crippen LogP contribution in [0.5, 0.6) is 5.75 Å². The molecule has 5 heteroatoms. The molecule has 1 saturated carbocycles. The van der Waals surface area contributed by atoms with Crippen LogP contribution in [0.3, 0.4) is 0 Å². The number of para-hydroxylation sites is 1. The van der Waals surface area contributed by atoms with Gasteiger partial charge in [-0.1, -0.05) is 18.2 Å². The number of rotatable bonds is 5. The number of benzene rings is 1. The van der Waals surface area contributed by atoms with Crippen LogP contribution < -0.4 is 4.74 Å².